The second kappa shape index (κ2) is 8.80. The van der Waals surface area contributed by atoms with Crippen molar-refractivity contribution in [3.63, 3.8) is 0 Å². The van der Waals surface area contributed by atoms with Crippen LogP contribution in [0.15, 0.2) is 28.7 Å². The number of carbonyl (C=O) groups is 3. The number of amides is 1. The van der Waals surface area contributed by atoms with Crippen LogP contribution in [0.25, 0.3) is 0 Å². The maximum Gasteiger partial charge on any atom is 0.255 e. The van der Waals surface area contributed by atoms with Gasteiger partial charge in [-0.25, -0.2) is 0 Å². The summed E-state index contributed by atoms with van der Waals surface area (Å²) in [6.07, 6.45) is 0.846. The van der Waals surface area contributed by atoms with Gasteiger partial charge in [0.05, 0.1) is 5.56 Å². The van der Waals surface area contributed by atoms with Gasteiger partial charge in [0.2, 0.25) is 5.78 Å². The van der Waals surface area contributed by atoms with E-state index in [-0.39, 0.29) is 29.7 Å². The molecule has 0 fully saturated rings. The zero-order chi connectivity index (χ0) is 25.8. The fourth-order valence-corrected chi connectivity index (χ4v) is 5.77. The number of aromatic hydroxyl groups is 1. The molecule has 1 aromatic rings. The van der Waals surface area contributed by atoms with Crippen LogP contribution in [0.3, 0.4) is 0 Å². The number of nitrogens with one attached hydrogen (secondary N) is 1. The van der Waals surface area contributed by atoms with Gasteiger partial charge in [0.15, 0.2) is 11.4 Å². The highest BCUT2D eigenvalue weighted by molar-refractivity contribution is 6.24. The number of benzene rings is 1. The fraction of sp³-hybridized carbons (Fsp3) is 0.500. The van der Waals surface area contributed by atoms with Gasteiger partial charge in [-0.1, -0.05) is 26.8 Å². The van der Waals surface area contributed by atoms with Crippen LogP contribution in [0.1, 0.15) is 60.7 Å². The van der Waals surface area contributed by atoms with E-state index < -0.39 is 52.0 Å². The summed E-state index contributed by atoms with van der Waals surface area (Å²) in [5.74, 6) is -5.68. The van der Waals surface area contributed by atoms with Gasteiger partial charge in [-0.2, -0.15) is 0 Å². The Balaban J connectivity index is 1.83. The van der Waals surface area contributed by atoms with Crippen molar-refractivity contribution in [3.8, 4) is 5.75 Å². The monoisotopic (exact) mass is 484 g/mol. The van der Waals surface area contributed by atoms with Crippen molar-refractivity contribution in [1.82, 2.24) is 5.32 Å². The molecule has 0 aliphatic heterocycles. The standard InChI is InChI=1S/C26H32N2O7/c1-4-12-5-14(10-28-9-11(2)3)21(30)19-16(12)7-13-6-15-8-17(29)20(25(27)34)24(33)26(15,35)23(32)18(13)22(19)31/h5,11,13,15,28-30,32,35H,4,6-10H2,1-3H3,(H2,27,34)/t13-,15+,26+/m1/s1. The average Bonchev–Trinajstić information content (AvgIpc) is 2.77. The highest BCUT2D eigenvalue weighted by atomic mass is 16.3. The van der Waals surface area contributed by atoms with Crippen LogP contribution in [0.4, 0.5) is 0 Å². The summed E-state index contributed by atoms with van der Waals surface area (Å²) in [7, 11) is 0. The molecule has 0 heterocycles. The van der Waals surface area contributed by atoms with Crippen LogP contribution in [0.2, 0.25) is 0 Å². The van der Waals surface area contributed by atoms with Crippen molar-refractivity contribution in [1.29, 1.82) is 0 Å². The summed E-state index contributed by atoms with van der Waals surface area (Å²) in [5, 5.41) is 47.0. The number of aliphatic hydroxyl groups is 3. The first-order chi connectivity index (χ1) is 16.4. The van der Waals surface area contributed by atoms with Crippen LogP contribution < -0.4 is 11.1 Å². The molecule has 0 saturated heterocycles. The lowest BCUT2D eigenvalue weighted by Crippen LogP contribution is -2.57. The average molecular weight is 485 g/mol. The number of primary amides is 1. The molecule has 1 amide bonds. The van der Waals surface area contributed by atoms with E-state index in [1.54, 1.807) is 0 Å². The molecule has 3 aliphatic rings. The number of ketones is 2. The SMILES string of the molecule is CCc1cc(CNCC(C)C)c(O)c2c1C[C@H]1C[C@H]3CC(O)=C(C(N)=O)C(=O)[C@@]3(O)C(O)=C1C2=O. The summed E-state index contributed by atoms with van der Waals surface area (Å²) < 4.78 is 0. The van der Waals surface area contributed by atoms with E-state index in [0.717, 1.165) is 12.1 Å². The molecule has 188 valence electrons. The van der Waals surface area contributed by atoms with Crippen molar-refractivity contribution >= 4 is 17.5 Å². The fourth-order valence-electron chi connectivity index (χ4n) is 5.77. The Bertz CT molecular complexity index is 1200. The maximum absolute atomic E-state index is 13.7. The van der Waals surface area contributed by atoms with Crippen LogP contribution in [0, 0.1) is 17.8 Å². The summed E-state index contributed by atoms with van der Waals surface area (Å²) >= 11 is 0. The van der Waals surface area contributed by atoms with Gasteiger partial charge in [-0.3, -0.25) is 14.4 Å². The summed E-state index contributed by atoms with van der Waals surface area (Å²) in [6, 6.07) is 1.89. The molecular weight excluding hydrogens is 452 g/mol. The molecular formula is C26H32N2O7. The van der Waals surface area contributed by atoms with Crippen molar-refractivity contribution in [2.24, 2.45) is 23.5 Å². The van der Waals surface area contributed by atoms with Crippen LogP contribution in [-0.4, -0.2) is 50.0 Å². The predicted octanol–water partition coefficient (Wildman–Crippen LogP) is 1.89. The zero-order valence-electron chi connectivity index (χ0n) is 20.1. The predicted molar refractivity (Wildman–Crippen MR) is 127 cm³/mol. The van der Waals surface area contributed by atoms with Crippen LogP contribution in [-0.2, 0) is 29.0 Å². The molecule has 35 heavy (non-hydrogen) atoms. The van der Waals surface area contributed by atoms with Gasteiger partial charge in [0.1, 0.15) is 22.8 Å². The third-order valence-corrected chi connectivity index (χ3v) is 7.48. The minimum atomic E-state index is -2.55. The minimum Gasteiger partial charge on any atom is -0.511 e. The van der Waals surface area contributed by atoms with E-state index >= 15 is 0 Å². The van der Waals surface area contributed by atoms with Crippen LogP contribution >= 0.6 is 0 Å². The van der Waals surface area contributed by atoms with Gasteiger partial charge in [0, 0.05) is 30.0 Å². The molecule has 0 aromatic heterocycles. The number of phenols is 1. The number of aryl methyl sites for hydroxylation is 1. The first-order valence-electron chi connectivity index (χ1n) is 12.0. The van der Waals surface area contributed by atoms with E-state index in [1.165, 1.54) is 0 Å². The Morgan fingerprint density at radius 2 is 1.89 bits per heavy atom. The number of fused-ring (bicyclic) bond motifs is 3. The Morgan fingerprint density at radius 3 is 2.49 bits per heavy atom. The highest BCUT2D eigenvalue weighted by Crippen LogP contribution is 2.52. The van der Waals surface area contributed by atoms with E-state index in [9.17, 15) is 34.8 Å². The molecule has 3 atom stereocenters. The number of phenolic OH excluding ortho intramolecular Hbond substituents is 1. The van der Waals surface area contributed by atoms with E-state index in [1.807, 2.05) is 13.0 Å². The number of nitrogens with two attached hydrogens (primary N) is 1. The Kier molecular flexibility index (Phi) is 6.27. The summed E-state index contributed by atoms with van der Waals surface area (Å²) in [6.45, 7) is 7.14. The number of hydrogen-bond donors (Lipinski definition) is 6. The van der Waals surface area contributed by atoms with Crippen molar-refractivity contribution in [3.05, 3.63) is 51.0 Å². The zero-order valence-corrected chi connectivity index (χ0v) is 20.1. The second-order valence-electron chi connectivity index (χ2n) is 10.2. The van der Waals surface area contributed by atoms with Gasteiger partial charge < -0.3 is 31.5 Å². The van der Waals surface area contributed by atoms with E-state index in [2.05, 4.69) is 19.2 Å². The number of allylic oxidation sites excluding steroid dienone is 2. The molecule has 0 unspecified atom stereocenters. The summed E-state index contributed by atoms with van der Waals surface area (Å²) in [5.41, 5.74) is 4.00. The maximum atomic E-state index is 13.7. The van der Waals surface area contributed by atoms with Crippen molar-refractivity contribution in [2.75, 3.05) is 6.54 Å². The molecule has 9 heteroatoms. The smallest absolute Gasteiger partial charge is 0.255 e. The molecule has 7 N–H and O–H groups in total. The Morgan fingerprint density at radius 1 is 1.20 bits per heavy atom. The van der Waals surface area contributed by atoms with Gasteiger partial charge in [0.25, 0.3) is 5.91 Å². The molecule has 1 aromatic carbocycles. The molecule has 4 rings (SSSR count). The number of rotatable bonds is 6. The molecule has 0 saturated carbocycles. The minimum absolute atomic E-state index is 0.0716. The topological polar surface area (TPSA) is 170 Å². The molecule has 0 radical (unpaired) electrons. The summed E-state index contributed by atoms with van der Waals surface area (Å²) in [4.78, 5) is 38.5. The number of Topliss-reactive ketones (excluding diaryl/α,β-unsaturated/α-hetero) is 2. The van der Waals surface area contributed by atoms with Crippen molar-refractivity contribution in [2.45, 2.75) is 58.6 Å². The molecule has 0 bridgehead atoms. The third kappa shape index (κ3) is 3.73. The van der Waals surface area contributed by atoms with Gasteiger partial charge in [-0.05, 0) is 48.8 Å². The highest BCUT2D eigenvalue weighted by Gasteiger charge is 2.59. The lowest BCUT2D eigenvalue weighted by Gasteiger charge is -2.45. The molecule has 9 nitrogen and oxygen atoms in total. The number of carbonyl (C=O) groups excluding carboxylic acids is 3. The quantitative estimate of drug-likeness (QED) is 0.332. The lowest BCUT2D eigenvalue weighted by molar-refractivity contribution is -0.144. The van der Waals surface area contributed by atoms with Gasteiger partial charge in [-0.15, -0.1) is 0 Å². The third-order valence-electron chi connectivity index (χ3n) is 7.48. The van der Waals surface area contributed by atoms with E-state index in [0.29, 0.717) is 36.4 Å². The first kappa shape index (κ1) is 24.9. The normalized spacial score (nSPS) is 26.1. The molecule has 3 aliphatic carbocycles. The van der Waals surface area contributed by atoms with E-state index in [4.69, 9.17) is 5.73 Å². The lowest BCUT2D eigenvalue weighted by atomic mass is 9.60. The second-order valence-corrected chi connectivity index (χ2v) is 10.2. The molecule has 0 spiro atoms. The first-order valence-corrected chi connectivity index (χ1v) is 12.0. The Labute approximate surface area is 203 Å². The Hall–Kier alpha value is -3.17. The van der Waals surface area contributed by atoms with Crippen LogP contribution in [0.5, 0.6) is 5.75 Å². The number of aliphatic hydroxyl groups excluding tert-OH is 2. The van der Waals surface area contributed by atoms with Gasteiger partial charge >= 0.3 is 0 Å². The van der Waals surface area contributed by atoms with Crippen molar-refractivity contribution < 1.29 is 34.8 Å². The number of hydrogen-bond acceptors (Lipinski definition) is 8. The largest absolute Gasteiger partial charge is 0.511 e.